The summed E-state index contributed by atoms with van der Waals surface area (Å²) in [6.07, 6.45) is 8.77. The smallest absolute Gasteiger partial charge is 0.134 e. The number of hydrogen-bond acceptors (Lipinski definition) is 0. The maximum Gasteiger partial charge on any atom is 0.134 e. The SMILES string of the molecule is C[C]1CCC([C]2CCC(c3cc(F)c(-c4cc(F)c(C)c(F)c4)c(F)c3)CC2)CC1. The van der Waals surface area contributed by atoms with E-state index < -0.39 is 23.3 Å². The second kappa shape index (κ2) is 8.72. The van der Waals surface area contributed by atoms with Crippen molar-refractivity contribution in [2.24, 2.45) is 5.92 Å². The highest BCUT2D eigenvalue weighted by Gasteiger charge is 2.31. The molecule has 0 N–H and O–H groups in total. The van der Waals surface area contributed by atoms with Gasteiger partial charge in [0, 0.05) is 5.56 Å². The second-order valence-electron chi connectivity index (χ2n) is 9.09. The van der Waals surface area contributed by atoms with Gasteiger partial charge >= 0.3 is 0 Å². The Labute approximate surface area is 176 Å². The highest BCUT2D eigenvalue weighted by molar-refractivity contribution is 5.66. The lowest BCUT2D eigenvalue weighted by Gasteiger charge is -2.37. The maximum atomic E-state index is 14.8. The van der Waals surface area contributed by atoms with Gasteiger partial charge in [0.25, 0.3) is 0 Å². The Morgan fingerprint density at radius 1 is 0.633 bits per heavy atom. The van der Waals surface area contributed by atoms with Crippen LogP contribution in [0.2, 0.25) is 0 Å². The Morgan fingerprint density at radius 2 is 1.13 bits per heavy atom. The maximum absolute atomic E-state index is 14.8. The molecule has 0 amide bonds. The van der Waals surface area contributed by atoms with Crippen LogP contribution in [-0.2, 0) is 0 Å². The predicted octanol–water partition coefficient (Wildman–Crippen LogP) is 8.24. The summed E-state index contributed by atoms with van der Waals surface area (Å²) in [5.74, 6) is 0.910. The lowest BCUT2D eigenvalue weighted by atomic mass is 9.68. The van der Waals surface area contributed by atoms with Crippen LogP contribution in [0.1, 0.15) is 75.3 Å². The van der Waals surface area contributed by atoms with Gasteiger partial charge in [0.2, 0.25) is 0 Å². The van der Waals surface area contributed by atoms with Gasteiger partial charge in [-0.15, -0.1) is 0 Å². The van der Waals surface area contributed by atoms with Crippen LogP contribution in [0.5, 0.6) is 0 Å². The van der Waals surface area contributed by atoms with Crippen molar-refractivity contribution in [1.29, 1.82) is 0 Å². The van der Waals surface area contributed by atoms with E-state index in [0.717, 1.165) is 37.8 Å². The third-order valence-corrected chi connectivity index (χ3v) is 7.15. The quantitative estimate of drug-likeness (QED) is 0.442. The lowest BCUT2D eigenvalue weighted by Crippen LogP contribution is -2.23. The summed E-state index contributed by atoms with van der Waals surface area (Å²) >= 11 is 0. The summed E-state index contributed by atoms with van der Waals surface area (Å²) in [5.41, 5.74) is 0.0133. The van der Waals surface area contributed by atoms with Crippen molar-refractivity contribution < 1.29 is 17.6 Å². The molecule has 4 heteroatoms. The van der Waals surface area contributed by atoms with Crippen molar-refractivity contribution in [2.45, 2.75) is 71.1 Å². The Bertz CT molecular complexity index is 857. The standard InChI is InChI=1S/C26H28F4/c1-15-3-5-17(6-4-15)18-7-9-19(10-8-18)20-11-24(29)26(25(30)12-20)21-13-22(27)16(2)23(28)14-21/h11-14,17,19H,3-10H2,1-2H3. The van der Waals surface area contributed by atoms with Crippen molar-refractivity contribution in [3.8, 4) is 11.1 Å². The summed E-state index contributed by atoms with van der Waals surface area (Å²) in [7, 11) is 0. The summed E-state index contributed by atoms with van der Waals surface area (Å²) in [6.45, 7) is 3.54. The van der Waals surface area contributed by atoms with Crippen LogP contribution >= 0.6 is 0 Å². The number of benzene rings is 2. The van der Waals surface area contributed by atoms with Crippen molar-refractivity contribution in [2.75, 3.05) is 0 Å². The first-order valence-electron chi connectivity index (χ1n) is 10.9. The molecule has 0 heterocycles. The molecule has 0 aliphatic heterocycles. The van der Waals surface area contributed by atoms with Gasteiger partial charge in [0.15, 0.2) is 0 Å². The molecule has 4 rings (SSSR count). The van der Waals surface area contributed by atoms with E-state index in [1.807, 2.05) is 0 Å². The van der Waals surface area contributed by atoms with Gasteiger partial charge in [0.1, 0.15) is 23.3 Å². The molecule has 2 saturated carbocycles. The molecule has 160 valence electrons. The normalized spacial score (nSPS) is 20.1. The van der Waals surface area contributed by atoms with Crippen LogP contribution in [0.25, 0.3) is 11.1 Å². The fourth-order valence-electron chi connectivity index (χ4n) is 5.14. The first-order chi connectivity index (χ1) is 14.3. The zero-order valence-electron chi connectivity index (χ0n) is 17.6. The van der Waals surface area contributed by atoms with E-state index in [-0.39, 0.29) is 22.6 Å². The minimum Gasteiger partial charge on any atom is -0.207 e. The Morgan fingerprint density at radius 3 is 1.67 bits per heavy atom. The van der Waals surface area contributed by atoms with E-state index >= 15 is 0 Å². The predicted molar refractivity (Wildman–Crippen MR) is 112 cm³/mol. The number of hydrogen-bond donors (Lipinski definition) is 0. The van der Waals surface area contributed by atoms with E-state index in [9.17, 15) is 17.6 Å². The largest absolute Gasteiger partial charge is 0.207 e. The molecule has 2 aromatic carbocycles. The van der Waals surface area contributed by atoms with Crippen LogP contribution in [-0.4, -0.2) is 0 Å². The number of halogens is 4. The fraction of sp³-hybridized carbons (Fsp3) is 0.462. The van der Waals surface area contributed by atoms with E-state index in [1.54, 1.807) is 11.8 Å². The van der Waals surface area contributed by atoms with Crippen molar-refractivity contribution in [1.82, 2.24) is 0 Å². The monoisotopic (exact) mass is 416 g/mol. The molecule has 2 radical (unpaired) electrons. The molecular formula is C26H28F4. The zero-order valence-corrected chi connectivity index (χ0v) is 17.6. The third-order valence-electron chi connectivity index (χ3n) is 7.15. The highest BCUT2D eigenvalue weighted by Crippen LogP contribution is 2.46. The van der Waals surface area contributed by atoms with Gasteiger partial charge < -0.3 is 0 Å². The van der Waals surface area contributed by atoms with Crippen molar-refractivity contribution in [3.63, 3.8) is 0 Å². The molecule has 2 aliphatic rings. The Hall–Kier alpha value is -1.84. The van der Waals surface area contributed by atoms with Crippen molar-refractivity contribution >= 4 is 0 Å². The second-order valence-corrected chi connectivity index (χ2v) is 9.09. The van der Waals surface area contributed by atoms with E-state index in [1.165, 1.54) is 44.7 Å². The van der Waals surface area contributed by atoms with Crippen LogP contribution < -0.4 is 0 Å². The molecule has 2 fully saturated rings. The molecule has 2 aromatic rings. The summed E-state index contributed by atoms with van der Waals surface area (Å²) in [4.78, 5) is 0. The topological polar surface area (TPSA) is 0 Å². The molecule has 0 bridgehead atoms. The molecule has 0 atom stereocenters. The third kappa shape index (κ3) is 4.29. The first-order valence-corrected chi connectivity index (χ1v) is 10.9. The van der Waals surface area contributed by atoms with Gasteiger partial charge in [-0.05, 0) is 117 Å². The van der Waals surface area contributed by atoms with E-state index in [2.05, 4.69) is 6.92 Å². The lowest BCUT2D eigenvalue weighted by molar-refractivity contribution is 0.323. The molecule has 2 aliphatic carbocycles. The van der Waals surface area contributed by atoms with Gasteiger partial charge in [0.05, 0.1) is 5.56 Å². The van der Waals surface area contributed by atoms with E-state index in [0.29, 0.717) is 11.5 Å². The first kappa shape index (κ1) is 21.4. The summed E-state index contributed by atoms with van der Waals surface area (Å²) in [6, 6.07) is 4.68. The van der Waals surface area contributed by atoms with Gasteiger partial charge in [-0.3, -0.25) is 0 Å². The summed E-state index contributed by atoms with van der Waals surface area (Å²) in [5, 5.41) is 0. The summed E-state index contributed by atoms with van der Waals surface area (Å²) < 4.78 is 57.4. The molecule has 0 spiro atoms. The molecule has 0 nitrogen and oxygen atoms in total. The molecule has 0 aromatic heterocycles. The Balaban J connectivity index is 1.49. The molecule has 30 heavy (non-hydrogen) atoms. The van der Waals surface area contributed by atoms with Gasteiger partial charge in [-0.2, -0.15) is 0 Å². The van der Waals surface area contributed by atoms with Crippen LogP contribution in [0.15, 0.2) is 24.3 Å². The van der Waals surface area contributed by atoms with Crippen LogP contribution in [0.3, 0.4) is 0 Å². The number of rotatable bonds is 3. The zero-order chi connectivity index (χ0) is 21.4. The Kier molecular flexibility index (Phi) is 6.22. The van der Waals surface area contributed by atoms with Crippen LogP contribution in [0.4, 0.5) is 17.6 Å². The van der Waals surface area contributed by atoms with Crippen molar-refractivity contribution in [3.05, 3.63) is 70.5 Å². The van der Waals surface area contributed by atoms with Gasteiger partial charge in [-0.25, -0.2) is 17.6 Å². The van der Waals surface area contributed by atoms with Gasteiger partial charge in [-0.1, -0.05) is 6.92 Å². The average Bonchev–Trinajstić information content (AvgIpc) is 2.72. The van der Waals surface area contributed by atoms with E-state index in [4.69, 9.17) is 0 Å². The minimum atomic E-state index is -0.807. The average molecular weight is 417 g/mol. The minimum absolute atomic E-state index is 0.110. The van der Waals surface area contributed by atoms with Crippen LogP contribution in [0, 0.1) is 47.9 Å². The molecule has 0 saturated heterocycles. The molecule has 0 unspecified atom stereocenters. The highest BCUT2D eigenvalue weighted by atomic mass is 19.1. The molecular weight excluding hydrogens is 388 g/mol. The fourth-order valence-corrected chi connectivity index (χ4v) is 5.14.